The van der Waals surface area contributed by atoms with E-state index >= 15 is 0 Å². The van der Waals surface area contributed by atoms with Gasteiger partial charge in [-0.3, -0.25) is 24.4 Å². The smallest absolute Gasteiger partial charge is 0.325 e. The molecule has 8 heteroatoms. The molecule has 3 aliphatic rings. The molecule has 0 atom stereocenters. The van der Waals surface area contributed by atoms with E-state index in [1.807, 2.05) is 17.2 Å². The maximum Gasteiger partial charge on any atom is 0.325 e. The molecule has 1 N–H and O–H groups in total. The minimum absolute atomic E-state index is 0.0104. The molecule has 1 aliphatic carbocycles. The fraction of sp³-hybridized carbons (Fsp3) is 0.619. The van der Waals surface area contributed by atoms with Crippen molar-refractivity contribution in [1.82, 2.24) is 25.0 Å². The highest BCUT2D eigenvalue weighted by atomic mass is 16.2. The Morgan fingerprint density at radius 2 is 1.86 bits per heavy atom. The van der Waals surface area contributed by atoms with Crippen LogP contribution in [0.1, 0.15) is 44.1 Å². The number of aromatic nitrogens is 1. The van der Waals surface area contributed by atoms with Crippen molar-refractivity contribution in [3.8, 4) is 0 Å². The SMILES string of the molecule is O=C(CCN1C(=O)NC2(CCCCC2)C1=O)N1CCN(Cc2cccnc2)CC1. The van der Waals surface area contributed by atoms with Gasteiger partial charge in [0.2, 0.25) is 5.91 Å². The predicted molar refractivity (Wildman–Crippen MR) is 107 cm³/mol. The molecule has 8 nitrogen and oxygen atoms in total. The molecule has 4 amide bonds. The lowest BCUT2D eigenvalue weighted by atomic mass is 9.82. The van der Waals surface area contributed by atoms with Crippen molar-refractivity contribution in [3.63, 3.8) is 0 Å². The molecule has 0 radical (unpaired) electrons. The van der Waals surface area contributed by atoms with Gasteiger partial charge in [0.25, 0.3) is 5.91 Å². The normalized spacial score (nSPS) is 22.2. The Morgan fingerprint density at radius 3 is 2.55 bits per heavy atom. The number of urea groups is 1. The van der Waals surface area contributed by atoms with Gasteiger partial charge in [-0.05, 0) is 24.5 Å². The Balaban J connectivity index is 1.24. The van der Waals surface area contributed by atoms with Gasteiger partial charge in [-0.1, -0.05) is 25.3 Å². The van der Waals surface area contributed by atoms with Gasteiger partial charge in [-0.2, -0.15) is 0 Å². The highest BCUT2D eigenvalue weighted by Gasteiger charge is 2.51. The number of piperazine rings is 1. The number of nitrogens with one attached hydrogen (secondary N) is 1. The summed E-state index contributed by atoms with van der Waals surface area (Å²) in [6, 6.07) is 3.65. The van der Waals surface area contributed by atoms with Gasteiger partial charge in [0.15, 0.2) is 0 Å². The third kappa shape index (κ3) is 4.27. The van der Waals surface area contributed by atoms with Crippen LogP contribution in [0.25, 0.3) is 0 Å². The van der Waals surface area contributed by atoms with E-state index in [1.165, 1.54) is 10.5 Å². The number of amides is 4. The summed E-state index contributed by atoms with van der Waals surface area (Å²) in [5.74, 6) is -0.132. The van der Waals surface area contributed by atoms with Gasteiger partial charge in [-0.15, -0.1) is 0 Å². The first-order valence-corrected chi connectivity index (χ1v) is 10.6. The van der Waals surface area contributed by atoms with Crippen molar-refractivity contribution in [1.29, 1.82) is 0 Å². The molecule has 156 valence electrons. The molecule has 3 heterocycles. The summed E-state index contributed by atoms with van der Waals surface area (Å²) in [6.07, 6.45) is 8.27. The highest BCUT2D eigenvalue weighted by molar-refractivity contribution is 6.07. The number of hydrogen-bond acceptors (Lipinski definition) is 5. The van der Waals surface area contributed by atoms with Crippen LogP contribution in [0.2, 0.25) is 0 Å². The summed E-state index contributed by atoms with van der Waals surface area (Å²) in [4.78, 5) is 47.3. The molecule has 1 spiro atoms. The molecule has 4 rings (SSSR count). The van der Waals surface area contributed by atoms with E-state index in [-0.39, 0.29) is 30.8 Å². The number of rotatable bonds is 5. The third-order valence-electron chi connectivity index (χ3n) is 6.36. The van der Waals surface area contributed by atoms with E-state index in [9.17, 15) is 14.4 Å². The van der Waals surface area contributed by atoms with Crippen molar-refractivity contribution in [3.05, 3.63) is 30.1 Å². The lowest BCUT2D eigenvalue weighted by molar-refractivity contribution is -0.135. The largest absolute Gasteiger partial charge is 0.340 e. The van der Waals surface area contributed by atoms with Crippen LogP contribution >= 0.6 is 0 Å². The van der Waals surface area contributed by atoms with Gasteiger partial charge in [0.05, 0.1) is 0 Å². The zero-order valence-electron chi connectivity index (χ0n) is 16.8. The number of imide groups is 1. The van der Waals surface area contributed by atoms with E-state index in [0.29, 0.717) is 25.9 Å². The Hall–Kier alpha value is -2.48. The zero-order valence-corrected chi connectivity index (χ0v) is 16.8. The minimum Gasteiger partial charge on any atom is -0.340 e. The zero-order chi connectivity index (χ0) is 20.3. The van der Waals surface area contributed by atoms with Crippen LogP contribution in [-0.2, 0) is 16.1 Å². The summed E-state index contributed by atoms with van der Waals surface area (Å²) in [7, 11) is 0. The Morgan fingerprint density at radius 1 is 1.10 bits per heavy atom. The van der Waals surface area contributed by atoms with E-state index < -0.39 is 5.54 Å². The second kappa shape index (κ2) is 8.49. The van der Waals surface area contributed by atoms with Crippen LogP contribution in [0.4, 0.5) is 4.79 Å². The third-order valence-corrected chi connectivity index (χ3v) is 6.36. The topological polar surface area (TPSA) is 85.8 Å². The quantitative estimate of drug-likeness (QED) is 0.756. The average Bonchev–Trinajstić information content (AvgIpc) is 2.97. The highest BCUT2D eigenvalue weighted by Crippen LogP contribution is 2.33. The molecule has 0 unspecified atom stereocenters. The number of carbonyl (C=O) groups excluding carboxylic acids is 3. The number of nitrogens with zero attached hydrogens (tertiary/aromatic N) is 4. The van der Waals surface area contributed by atoms with Gasteiger partial charge in [0, 0.05) is 58.1 Å². The first kappa shape index (κ1) is 19.8. The predicted octanol–water partition coefficient (Wildman–Crippen LogP) is 1.37. The summed E-state index contributed by atoms with van der Waals surface area (Å²) in [6.45, 7) is 3.97. The second-order valence-corrected chi connectivity index (χ2v) is 8.30. The lowest BCUT2D eigenvalue weighted by Gasteiger charge is -2.35. The Labute approximate surface area is 171 Å². The number of hydrogen-bond donors (Lipinski definition) is 1. The van der Waals surface area contributed by atoms with Crippen LogP contribution in [0.5, 0.6) is 0 Å². The molecule has 3 fully saturated rings. The van der Waals surface area contributed by atoms with Crippen molar-refractivity contribution < 1.29 is 14.4 Å². The fourth-order valence-corrected chi connectivity index (χ4v) is 4.64. The molecule has 1 aromatic heterocycles. The molecule has 0 aromatic carbocycles. The van der Waals surface area contributed by atoms with Crippen LogP contribution < -0.4 is 5.32 Å². The van der Waals surface area contributed by atoms with Gasteiger partial charge < -0.3 is 10.2 Å². The van der Waals surface area contributed by atoms with Crippen molar-refractivity contribution in [2.24, 2.45) is 0 Å². The molecular formula is C21H29N5O3. The first-order chi connectivity index (χ1) is 14.1. The van der Waals surface area contributed by atoms with Crippen LogP contribution in [0.3, 0.4) is 0 Å². The number of carbonyl (C=O) groups is 3. The van der Waals surface area contributed by atoms with Crippen LogP contribution in [0.15, 0.2) is 24.5 Å². The average molecular weight is 399 g/mol. The van der Waals surface area contributed by atoms with Crippen LogP contribution in [-0.4, -0.2) is 75.8 Å². The maximum atomic E-state index is 12.8. The fourth-order valence-electron chi connectivity index (χ4n) is 4.64. The molecule has 0 bridgehead atoms. The van der Waals surface area contributed by atoms with Crippen molar-refractivity contribution in [2.45, 2.75) is 50.6 Å². The maximum absolute atomic E-state index is 12.8. The van der Waals surface area contributed by atoms with Gasteiger partial charge >= 0.3 is 6.03 Å². The Kier molecular flexibility index (Phi) is 5.80. The monoisotopic (exact) mass is 399 g/mol. The first-order valence-electron chi connectivity index (χ1n) is 10.6. The van der Waals surface area contributed by atoms with Crippen LogP contribution in [0, 0.1) is 0 Å². The summed E-state index contributed by atoms with van der Waals surface area (Å²) < 4.78 is 0. The second-order valence-electron chi connectivity index (χ2n) is 8.30. The minimum atomic E-state index is -0.712. The van der Waals surface area contributed by atoms with Gasteiger partial charge in [0.1, 0.15) is 5.54 Å². The number of pyridine rings is 1. The van der Waals surface area contributed by atoms with Gasteiger partial charge in [-0.25, -0.2) is 4.79 Å². The van der Waals surface area contributed by atoms with Crippen molar-refractivity contribution in [2.75, 3.05) is 32.7 Å². The summed E-state index contributed by atoms with van der Waals surface area (Å²) in [5, 5.41) is 2.90. The Bertz CT molecular complexity index is 755. The molecule has 29 heavy (non-hydrogen) atoms. The van der Waals surface area contributed by atoms with E-state index in [0.717, 1.165) is 38.9 Å². The lowest BCUT2D eigenvalue weighted by Crippen LogP contribution is -2.49. The molecule has 2 aliphatic heterocycles. The summed E-state index contributed by atoms with van der Waals surface area (Å²) >= 11 is 0. The van der Waals surface area contributed by atoms with E-state index in [4.69, 9.17) is 0 Å². The molecule has 1 saturated carbocycles. The standard InChI is InChI=1S/C21H29N5O3/c27-18(25-13-11-24(12-14-25)16-17-5-4-9-22-15-17)6-10-26-19(28)21(23-20(26)29)7-2-1-3-8-21/h4-5,9,15H,1-3,6-8,10-14,16H2,(H,23,29). The molecule has 1 aromatic rings. The van der Waals surface area contributed by atoms with E-state index in [1.54, 1.807) is 6.20 Å². The van der Waals surface area contributed by atoms with Crippen molar-refractivity contribution >= 4 is 17.8 Å². The van der Waals surface area contributed by atoms with E-state index in [2.05, 4.69) is 21.3 Å². The molecular weight excluding hydrogens is 370 g/mol. The summed E-state index contributed by atoms with van der Waals surface area (Å²) in [5.41, 5.74) is 0.457. The molecule has 2 saturated heterocycles.